The van der Waals surface area contributed by atoms with Crippen LogP contribution < -0.4 is 16.0 Å². The maximum Gasteiger partial charge on any atom is 0.322 e. The van der Waals surface area contributed by atoms with Crippen LogP contribution in [0.25, 0.3) is 0 Å². The summed E-state index contributed by atoms with van der Waals surface area (Å²) < 4.78 is 0. The van der Waals surface area contributed by atoms with Crippen molar-refractivity contribution in [1.29, 1.82) is 0 Å². The Kier molecular flexibility index (Phi) is 11.1. The van der Waals surface area contributed by atoms with Crippen molar-refractivity contribution in [3.05, 3.63) is 29.8 Å². The van der Waals surface area contributed by atoms with Crippen molar-refractivity contribution >= 4 is 47.1 Å². The van der Waals surface area contributed by atoms with Gasteiger partial charge in [0.05, 0.1) is 11.7 Å². The van der Waals surface area contributed by atoms with E-state index in [0.717, 1.165) is 17.3 Å². The molecule has 0 radical (unpaired) electrons. The molecule has 0 fully saturated rings. The summed E-state index contributed by atoms with van der Waals surface area (Å²) in [6.45, 7) is 2.78. The Morgan fingerprint density at radius 3 is 2.26 bits per heavy atom. The maximum atomic E-state index is 12.2. The highest BCUT2D eigenvalue weighted by molar-refractivity contribution is 8.00. The zero-order valence-corrected chi connectivity index (χ0v) is 18.2. The quantitative estimate of drug-likeness (QED) is 0.294. The molecule has 1 aromatic carbocycles. The van der Waals surface area contributed by atoms with E-state index in [4.69, 9.17) is 10.2 Å². The lowest BCUT2D eigenvalue weighted by molar-refractivity contribution is -0.141. The van der Waals surface area contributed by atoms with Crippen LogP contribution in [0.3, 0.4) is 0 Å². The highest BCUT2D eigenvalue weighted by Crippen LogP contribution is 2.11. The number of carbonyl (C=O) groups is 5. The van der Waals surface area contributed by atoms with Gasteiger partial charge in [-0.1, -0.05) is 24.6 Å². The standard InChI is InChI=1S/C20H27N3O7S/c1-12-3-6-14(7-4-12)22-17(25)11-31-10-15(19(28)21-9-18(26)27)23-16(24)8-5-13(2)20(29)30/h3-4,6-7,13,15H,5,8-11H2,1-2H3,(H,21,28)(H,22,25)(H,23,24)(H,26,27)(H,29,30). The van der Waals surface area contributed by atoms with Crippen LogP contribution in [0, 0.1) is 12.8 Å². The molecular weight excluding hydrogens is 426 g/mol. The van der Waals surface area contributed by atoms with Crippen LogP contribution in [0.15, 0.2) is 24.3 Å². The lowest BCUT2D eigenvalue weighted by Gasteiger charge is -2.18. The minimum absolute atomic E-state index is 0.0164. The van der Waals surface area contributed by atoms with E-state index in [2.05, 4.69) is 16.0 Å². The number of amides is 3. The fourth-order valence-electron chi connectivity index (χ4n) is 2.31. The number of carboxylic acid groups (broad SMARTS) is 2. The summed E-state index contributed by atoms with van der Waals surface area (Å²) in [5, 5.41) is 25.0. The fraction of sp³-hybridized carbons (Fsp3) is 0.450. The molecule has 0 saturated carbocycles. The molecule has 0 aliphatic rings. The Balaban J connectivity index is 2.58. The van der Waals surface area contributed by atoms with E-state index in [1.165, 1.54) is 6.92 Å². The van der Waals surface area contributed by atoms with Crippen molar-refractivity contribution in [1.82, 2.24) is 10.6 Å². The lowest BCUT2D eigenvalue weighted by atomic mass is 10.1. The van der Waals surface area contributed by atoms with E-state index in [1.54, 1.807) is 12.1 Å². The van der Waals surface area contributed by atoms with Crippen molar-refractivity contribution in [3.63, 3.8) is 0 Å². The second-order valence-corrected chi connectivity index (χ2v) is 7.97. The van der Waals surface area contributed by atoms with Gasteiger partial charge in [-0.2, -0.15) is 0 Å². The van der Waals surface area contributed by atoms with Gasteiger partial charge in [-0.25, -0.2) is 0 Å². The van der Waals surface area contributed by atoms with Crippen LogP contribution >= 0.6 is 11.8 Å². The zero-order chi connectivity index (χ0) is 23.4. The summed E-state index contributed by atoms with van der Waals surface area (Å²) in [5.41, 5.74) is 1.68. The molecule has 0 saturated heterocycles. The molecule has 0 heterocycles. The number of anilines is 1. The monoisotopic (exact) mass is 453 g/mol. The van der Waals surface area contributed by atoms with Crippen LogP contribution in [0.2, 0.25) is 0 Å². The number of aliphatic carboxylic acids is 2. The van der Waals surface area contributed by atoms with Crippen molar-refractivity contribution in [2.45, 2.75) is 32.7 Å². The Bertz CT molecular complexity index is 798. The number of aryl methyl sites for hydroxylation is 1. The first kappa shape index (κ1) is 26.0. The molecule has 1 rings (SSSR count). The normalized spacial score (nSPS) is 12.3. The smallest absolute Gasteiger partial charge is 0.322 e. The molecule has 0 aliphatic heterocycles. The second-order valence-electron chi connectivity index (χ2n) is 6.94. The minimum Gasteiger partial charge on any atom is -0.481 e. The Labute approximate surface area is 184 Å². The first-order chi connectivity index (χ1) is 14.6. The van der Waals surface area contributed by atoms with Gasteiger partial charge in [-0.15, -0.1) is 11.8 Å². The molecule has 0 aliphatic carbocycles. The number of hydrogen-bond acceptors (Lipinski definition) is 6. The highest BCUT2D eigenvalue weighted by atomic mass is 32.2. The Morgan fingerprint density at radius 1 is 1.03 bits per heavy atom. The average molecular weight is 454 g/mol. The van der Waals surface area contributed by atoms with Crippen molar-refractivity contribution in [3.8, 4) is 0 Å². The zero-order valence-electron chi connectivity index (χ0n) is 17.3. The van der Waals surface area contributed by atoms with Gasteiger partial charge in [0, 0.05) is 17.9 Å². The van der Waals surface area contributed by atoms with Crippen LogP contribution in [0.5, 0.6) is 0 Å². The van der Waals surface area contributed by atoms with Crippen molar-refractivity contribution in [2.75, 3.05) is 23.4 Å². The summed E-state index contributed by atoms with van der Waals surface area (Å²) in [6.07, 6.45) is -0.00845. The van der Waals surface area contributed by atoms with Gasteiger partial charge in [0.25, 0.3) is 0 Å². The van der Waals surface area contributed by atoms with Gasteiger partial charge in [0.2, 0.25) is 17.7 Å². The second kappa shape index (κ2) is 13.3. The average Bonchev–Trinajstić information content (AvgIpc) is 2.71. The number of rotatable bonds is 13. The minimum atomic E-state index is -1.24. The number of carboxylic acids is 2. The topological polar surface area (TPSA) is 162 Å². The van der Waals surface area contributed by atoms with Gasteiger partial charge < -0.3 is 26.2 Å². The first-order valence-electron chi connectivity index (χ1n) is 9.54. The van der Waals surface area contributed by atoms with Gasteiger partial charge in [0.15, 0.2) is 0 Å². The SMILES string of the molecule is Cc1ccc(NC(=O)CSCC(NC(=O)CCC(C)C(=O)O)C(=O)NCC(=O)O)cc1. The predicted octanol–water partition coefficient (Wildman–Crippen LogP) is 0.853. The summed E-state index contributed by atoms with van der Waals surface area (Å²) in [4.78, 5) is 57.9. The molecule has 5 N–H and O–H groups in total. The summed E-state index contributed by atoms with van der Waals surface area (Å²) in [6, 6.07) is 6.17. The van der Waals surface area contributed by atoms with Gasteiger partial charge >= 0.3 is 11.9 Å². The van der Waals surface area contributed by atoms with Crippen LogP contribution in [0.4, 0.5) is 5.69 Å². The van der Waals surface area contributed by atoms with E-state index >= 15 is 0 Å². The summed E-state index contributed by atoms with van der Waals surface area (Å²) in [5.74, 6) is -4.46. The molecule has 0 aromatic heterocycles. The predicted molar refractivity (Wildman–Crippen MR) is 116 cm³/mol. The number of carbonyl (C=O) groups excluding carboxylic acids is 3. The molecule has 1 aromatic rings. The third kappa shape index (κ3) is 11.0. The molecule has 170 valence electrons. The van der Waals surface area contributed by atoms with Crippen molar-refractivity contribution < 1.29 is 34.2 Å². The largest absolute Gasteiger partial charge is 0.481 e. The highest BCUT2D eigenvalue weighted by Gasteiger charge is 2.22. The van der Waals surface area contributed by atoms with Gasteiger partial charge in [-0.3, -0.25) is 24.0 Å². The molecule has 0 spiro atoms. The van der Waals surface area contributed by atoms with E-state index in [0.29, 0.717) is 5.69 Å². The third-order valence-corrected chi connectivity index (χ3v) is 5.18. The number of benzene rings is 1. The number of nitrogens with one attached hydrogen (secondary N) is 3. The number of hydrogen-bond donors (Lipinski definition) is 5. The van der Waals surface area contributed by atoms with E-state index in [9.17, 15) is 24.0 Å². The van der Waals surface area contributed by atoms with Crippen LogP contribution in [-0.4, -0.2) is 64.0 Å². The van der Waals surface area contributed by atoms with Gasteiger partial charge in [-0.05, 0) is 25.5 Å². The third-order valence-electron chi connectivity index (χ3n) is 4.14. The van der Waals surface area contributed by atoms with Crippen LogP contribution in [-0.2, 0) is 24.0 Å². The molecule has 10 nitrogen and oxygen atoms in total. The molecule has 3 amide bonds. The van der Waals surface area contributed by atoms with Crippen LogP contribution in [0.1, 0.15) is 25.3 Å². The van der Waals surface area contributed by atoms with Crippen molar-refractivity contribution in [2.24, 2.45) is 5.92 Å². The summed E-state index contributed by atoms with van der Waals surface area (Å²) >= 11 is 1.10. The molecule has 0 bridgehead atoms. The molecule has 2 unspecified atom stereocenters. The molecule has 2 atom stereocenters. The summed E-state index contributed by atoms with van der Waals surface area (Å²) in [7, 11) is 0. The maximum absolute atomic E-state index is 12.2. The van der Waals surface area contributed by atoms with E-state index in [-0.39, 0.29) is 30.3 Å². The Hall–Kier alpha value is -3.08. The molecule has 11 heteroatoms. The van der Waals surface area contributed by atoms with E-state index in [1.807, 2.05) is 19.1 Å². The molecular formula is C20H27N3O7S. The fourth-order valence-corrected chi connectivity index (χ4v) is 3.16. The van der Waals surface area contributed by atoms with E-state index < -0.39 is 42.3 Å². The first-order valence-corrected chi connectivity index (χ1v) is 10.7. The lowest BCUT2D eigenvalue weighted by Crippen LogP contribution is -2.49. The van der Waals surface area contributed by atoms with Gasteiger partial charge in [0.1, 0.15) is 12.6 Å². The number of thioether (sulfide) groups is 1. The Morgan fingerprint density at radius 2 is 1.68 bits per heavy atom. The molecule has 31 heavy (non-hydrogen) atoms.